The largest absolute Gasteiger partial charge is 0.352 e. The summed E-state index contributed by atoms with van der Waals surface area (Å²) in [5.74, 6) is 1.40. The van der Waals surface area contributed by atoms with E-state index >= 15 is 0 Å². The lowest BCUT2D eigenvalue weighted by atomic mass is 9.85. The Labute approximate surface area is 158 Å². The van der Waals surface area contributed by atoms with Gasteiger partial charge in [-0.05, 0) is 49.9 Å². The molecule has 2 heterocycles. The molecule has 6 heteroatoms. The molecule has 6 nitrogen and oxygen atoms in total. The Morgan fingerprint density at radius 1 is 1.15 bits per heavy atom. The number of imidazole rings is 1. The van der Waals surface area contributed by atoms with Crippen LogP contribution in [0.3, 0.4) is 0 Å². The number of amides is 1. The molecular weight excluding hydrogens is 338 g/mol. The molecule has 1 saturated carbocycles. The molecule has 0 saturated heterocycles. The molecule has 1 aliphatic rings. The summed E-state index contributed by atoms with van der Waals surface area (Å²) in [6, 6.07) is 13.4. The zero-order valence-electron chi connectivity index (χ0n) is 15.3. The fourth-order valence-corrected chi connectivity index (χ4v) is 3.82. The van der Waals surface area contributed by atoms with Crippen LogP contribution in [0.1, 0.15) is 43.1 Å². The summed E-state index contributed by atoms with van der Waals surface area (Å²) in [4.78, 5) is 24.8. The number of hydrogen-bond acceptors (Lipinski definition) is 4. The molecule has 0 aliphatic heterocycles. The van der Waals surface area contributed by atoms with Crippen molar-refractivity contribution in [2.24, 2.45) is 5.73 Å². The predicted octanol–water partition coefficient (Wildman–Crippen LogP) is 2.67. The van der Waals surface area contributed by atoms with E-state index in [1.54, 1.807) is 6.20 Å². The third-order valence-corrected chi connectivity index (χ3v) is 5.36. The van der Waals surface area contributed by atoms with Gasteiger partial charge in [0.05, 0.1) is 17.1 Å². The minimum absolute atomic E-state index is 0.0900. The molecule has 4 N–H and O–H groups in total. The van der Waals surface area contributed by atoms with Crippen molar-refractivity contribution in [1.82, 2.24) is 20.3 Å². The van der Waals surface area contributed by atoms with Crippen molar-refractivity contribution in [2.45, 2.75) is 50.1 Å². The van der Waals surface area contributed by atoms with Crippen LogP contribution in [0.2, 0.25) is 0 Å². The summed E-state index contributed by atoms with van der Waals surface area (Å²) in [5.41, 5.74) is 9.01. The van der Waals surface area contributed by atoms with E-state index in [1.807, 2.05) is 36.4 Å². The number of nitrogens with two attached hydrogens (primary N) is 1. The number of nitrogens with zero attached hydrogens (tertiary/aromatic N) is 2. The zero-order valence-corrected chi connectivity index (χ0v) is 15.3. The Hall–Kier alpha value is -2.73. The van der Waals surface area contributed by atoms with Crippen molar-refractivity contribution in [1.29, 1.82) is 0 Å². The van der Waals surface area contributed by atoms with Crippen molar-refractivity contribution < 1.29 is 4.79 Å². The number of aromatic nitrogens is 3. The number of rotatable bonds is 5. The van der Waals surface area contributed by atoms with E-state index in [0.717, 1.165) is 48.2 Å². The minimum atomic E-state index is -0.562. The van der Waals surface area contributed by atoms with Gasteiger partial charge in [0.15, 0.2) is 0 Å². The van der Waals surface area contributed by atoms with E-state index in [1.165, 1.54) is 0 Å². The lowest BCUT2D eigenvalue weighted by Crippen LogP contribution is -2.47. The maximum atomic E-state index is 12.4. The van der Waals surface area contributed by atoms with Crippen LogP contribution >= 0.6 is 0 Å². The molecule has 2 aromatic heterocycles. The van der Waals surface area contributed by atoms with Crippen LogP contribution in [-0.2, 0) is 11.2 Å². The van der Waals surface area contributed by atoms with Crippen LogP contribution in [0.4, 0.5) is 0 Å². The van der Waals surface area contributed by atoms with Gasteiger partial charge < -0.3 is 16.0 Å². The number of benzene rings is 1. The third kappa shape index (κ3) is 4.17. The normalized spacial score (nSPS) is 21.1. The average molecular weight is 363 g/mol. The van der Waals surface area contributed by atoms with Crippen LogP contribution in [0.25, 0.3) is 11.0 Å². The highest BCUT2D eigenvalue weighted by Crippen LogP contribution is 2.32. The number of carbonyl (C=O) groups is 1. The molecule has 0 unspecified atom stereocenters. The van der Waals surface area contributed by atoms with Crippen molar-refractivity contribution in [3.8, 4) is 0 Å². The van der Waals surface area contributed by atoms with E-state index in [9.17, 15) is 4.79 Å². The van der Waals surface area contributed by atoms with E-state index < -0.39 is 6.04 Å². The van der Waals surface area contributed by atoms with Crippen LogP contribution in [0.5, 0.6) is 0 Å². The molecule has 1 aromatic carbocycles. The molecule has 1 atom stereocenters. The summed E-state index contributed by atoms with van der Waals surface area (Å²) in [7, 11) is 0. The number of nitrogens with one attached hydrogen (secondary N) is 2. The van der Waals surface area contributed by atoms with E-state index in [-0.39, 0.29) is 11.9 Å². The molecule has 27 heavy (non-hydrogen) atoms. The average Bonchev–Trinajstić information content (AvgIpc) is 3.13. The highest BCUT2D eigenvalue weighted by Gasteiger charge is 2.26. The number of aromatic amines is 1. The molecule has 0 bridgehead atoms. The van der Waals surface area contributed by atoms with Gasteiger partial charge >= 0.3 is 0 Å². The molecule has 1 aliphatic carbocycles. The van der Waals surface area contributed by atoms with Gasteiger partial charge in [-0.2, -0.15) is 0 Å². The van der Waals surface area contributed by atoms with Gasteiger partial charge in [-0.15, -0.1) is 0 Å². The van der Waals surface area contributed by atoms with E-state index in [4.69, 9.17) is 10.7 Å². The van der Waals surface area contributed by atoms with Gasteiger partial charge in [-0.1, -0.05) is 18.2 Å². The summed E-state index contributed by atoms with van der Waals surface area (Å²) in [6.45, 7) is 0. The Bertz CT molecular complexity index is 866. The van der Waals surface area contributed by atoms with Gasteiger partial charge in [0.1, 0.15) is 5.82 Å². The Morgan fingerprint density at radius 3 is 2.67 bits per heavy atom. The highest BCUT2D eigenvalue weighted by molar-refractivity contribution is 5.82. The number of carbonyl (C=O) groups excluding carboxylic acids is 1. The van der Waals surface area contributed by atoms with Crippen LogP contribution in [-0.4, -0.2) is 32.9 Å². The second-order valence-corrected chi connectivity index (χ2v) is 7.33. The predicted molar refractivity (Wildman–Crippen MR) is 105 cm³/mol. The SMILES string of the molecule is N[C@H](Cc1ccccn1)C(=O)NC1CCC(c2nc3ccccc3[nH]2)CC1. The van der Waals surface area contributed by atoms with Gasteiger partial charge in [-0.3, -0.25) is 9.78 Å². The van der Waals surface area contributed by atoms with E-state index in [2.05, 4.69) is 21.4 Å². The van der Waals surface area contributed by atoms with Crippen molar-refractivity contribution in [3.05, 3.63) is 60.2 Å². The maximum Gasteiger partial charge on any atom is 0.237 e. The quantitative estimate of drug-likeness (QED) is 0.649. The highest BCUT2D eigenvalue weighted by atomic mass is 16.2. The van der Waals surface area contributed by atoms with Gasteiger partial charge in [0.2, 0.25) is 5.91 Å². The summed E-state index contributed by atoms with van der Waals surface area (Å²) in [5, 5.41) is 3.12. The lowest BCUT2D eigenvalue weighted by Gasteiger charge is -2.28. The minimum Gasteiger partial charge on any atom is -0.352 e. The first-order chi connectivity index (χ1) is 13.2. The van der Waals surface area contributed by atoms with Crippen molar-refractivity contribution in [2.75, 3.05) is 0 Å². The third-order valence-electron chi connectivity index (χ3n) is 5.36. The Morgan fingerprint density at radius 2 is 1.93 bits per heavy atom. The molecule has 4 rings (SSSR count). The molecular formula is C21H25N5O. The second kappa shape index (κ2) is 7.88. The second-order valence-electron chi connectivity index (χ2n) is 7.33. The fourth-order valence-electron chi connectivity index (χ4n) is 3.82. The fraction of sp³-hybridized carbons (Fsp3) is 0.381. The molecule has 1 amide bonds. The number of pyridine rings is 1. The monoisotopic (exact) mass is 363 g/mol. The summed E-state index contributed by atoms with van der Waals surface area (Å²) in [6.07, 6.45) is 6.11. The van der Waals surface area contributed by atoms with Gasteiger partial charge in [0.25, 0.3) is 0 Å². The Balaban J connectivity index is 1.29. The number of H-pyrrole nitrogens is 1. The first-order valence-corrected chi connectivity index (χ1v) is 9.59. The van der Waals surface area contributed by atoms with Crippen LogP contribution in [0.15, 0.2) is 48.7 Å². The van der Waals surface area contributed by atoms with Crippen molar-refractivity contribution >= 4 is 16.9 Å². The topological polar surface area (TPSA) is 96.7 Å². The molecule has 0 spiro atoms. The number of para-hydroxylation sites is 2. The maximum absolute atomic E-state index is 12.4. The standard InChI is InChI=1S/C21H25N5O/c22-17(13-16-5-3-4-12-23-16)21(27)24-15-10-8-14(9-11-15)20-25-18-6-1-2-7-19(18)26-20/h1-7,12,14-15,17H,8-11,13,22H2,(H,24,27)(H,25,26)/t14?,15?,17-/m1/s1. The van der Waals surface area contributed by atoms with E-state index in [0.29, 0.717) is 12.3 Å². The number of fused-ring (bicyclic) bond motifs is 1. The summed E-state index contributed by atoms with van der Waals surface area (Å²) < 4.78 is 0. The van der Waals surface area contributed by atoms with Crippen LogP contribution < -0.4 is 11.1 Å². The van der Waals surface area contributed by atoms with Gasteiger partial charge in [-0.25, -0.2) is 4.98 Å². The smallest absolute Gasteiger partial charge is 0.237 e. The zero-order chi connectivity index (χ0) is 18.6. The molecule has 0 radical (unpaired) electrons. The van der Waals surface area contributed by atoms with Crippen molar-refractivity contribution in [3.63, 3.8) is 0 Å². The number of hydrogen-bond donors (Lipinski definition) is 3. The Kier molecular flexibility index (Phi) is 5.16. The van der Waals surface area contributed by atoms with Crippen LogP contribution in [0, 0.1) is 0 Å². The first kappa shape index (κ1) is 17.7. The van der Waals surface area contributed by atoms with Gasteiger partial charge in [0, 0.05) is 30.3 Å². The summed E-state index contributed by atoms with van der Waals surface area (Å²) >= 11 is 0. The first-order valence-electron chi connectivity index (χ1n) is 9.59. The molecule has 3 aromatic rings. The molecule has 1 fully saturated rings. The molecule has 140 valence electrons. The lowest BCUT2D eigenvalue weighted by molar-refractivity contribution is -0.123.